The van der Waals surface area contributed by atoms with E-state index in [1.165, 1.54) is 31.2 Å². The summed E-state index contributed by atoms with van der Waals surface area (Å²) in [7, 11) is 0. The van der Waals surface area contributed by atoms with Gasteiger partial charge in [-0.3, -0.25) is 9.80 Å². The van der Waals surface area contributed by atoms with Crippen molar-refractivity contribution in [3.63, 3.8) is 0 Å². The highest BCUT2D eigenvalue weighted by atomic mass is 16.4. The summed E-state index contributed by atoms with van der Waals surface area (Å²) in [5, 5.41) is 8.57. The van der Waals surface area contributed by atoms with Crippen molar-refractivity contribution in [2.45, 2.75) is 51.6 Å². The molecule has 1 aliphatic carbocycles. The van der Waals surface area contributed by atoms with Crippen molar-refractivity contribution >= 4 is 0 Å². The van der Waals surface area contributed by atoms with Crippen LogP contribution in [0.15, 0.2) is 28.7 Å². The van der Waals surface area contributed by atoms with Gasteiger partial charge in [-0.15, -0.1) is 10.2 Å². The van der Waals surface area contributed by atoms with Gasteiger partial charge in [-0.2, -0.15) is 0 Å². The Hall–Kier alpha value is -1.72. The topological polar surface area (TPSA) is 45.4 Å². The summed E-state index contributed by atoms with van der Waals surface area (Å²) in [5.41, 5.74) is 2.22. The Balaban J connectivity index is 1.38. The van der Waals surface area contributed by atoms with Gasteiger partial charge in [-0.1, -0.05) is 30.5 Å². The number of hydrogen-bond donors (Lipinski definition) is 0. The molecular weight excluding hydrogens is 312 g/mol. The van der Waals surface area contributed by atoms with Crippen LogP contribution in [0.25, 0.3) is 11.5 Å². The fraction of sp³-hybridized carbons (Fsp3) is 0.600. The Kier molecular flexibility index (Phi) is 4.86. The van der Waals surface area contributed by atoms with E-state index in [4.69, 9.17) is 4.42 Å². The highest BCUT2D eigenvalue weighted by Crippen LogP contribution is 2.28. The third kappa shape index (κ3) is 3.62. The molecule has 1 atom stereocenters. The van der Waals surface area contributed by atoms with E-state index in [1.54, 1.807) is 0 Å². The third-order valence-corrected chi connectivity index (χ3v) is 5.83. The van der Waals surface area contributed by atoms with Crippen molar-refractivity contribution in [1.82, 2.24) is 20.0 Å². The van der Waals surface area contributed by atoms with Crippen LogP contribution in [-0.4, -0.2) is 52.2 Å². The van der Waals surface area contributed by atoms with Crippen molar-refractivity contribution in [2.24, 2.45) is 0 Å². The van der Waals surface area contributed by atoms with Gasteiger partial charge in [0.15, 0.2) is 0 Å². The van der Waals surface area contributed by atoms with Crippen LogP contribution in [0.2, 0.25) is 0 Å². The predicted octanol–water partition coefficient (Wildman–Crippen LogP) is 3.67. The molecule has 0 spiro atoms. The maximum Gasteiger partial charge on any atom is 0.247 e. The first-order valence-corrected chi connectivity index (χ1v) is 9.59. The van der Waals surface area contributed by atoms with Crippen molar-refractivity contribution in [3.05, 3.63) is 35.7 Å². The lowest BCUT2D eigenvalue weighted by atomic mass is 10.1. The molecule has 2 aromatic rings. The van der Waals surface area contributed by atoms with Gasteiger partial charge < -0.3 is 4.42 Å². The van der Waals surface area contributed by atoms with E-state index in [0.29, 0.717) is 5.89 Å². The summed E-state index contributed by atoms with van der Waals surface area (Å²) in [6, 6.07) is 9.23. The first kappa shape index (κ1) is 16.7. The Bertz CT molecular complexity index is 682. The molecule has 2 heterocycles. The Morgan fingerprint density at radius 1 is 1.00 bits per heavy atom. The Morgan fingerprint density at radius 3 is 2.36 bits per heavy atom. The summed E-state index contributed by atoms with van der Waals surface area (Å²) >= 11 is 0. The number of hydrogen-bond acceptors (Lipinski definition) is 5. The minimum atomic E-state index is 0.178. The normalized spacial score (nSPS) is 21.7. The fourth-order valence-electron chi connectivity index (χ4n) is 4.13. The predicted molar refractivity (Wildman–Crippen MR) is 98.3 cm³/mol. The zero-order valence-corrected chi connectivity index (χ0v) is 15.3. The van der Waals surface area contributed by atoms with Crippen LogP contribution in [-0.2, 0) is 0 Å². The summed E-state index contributed by atoms with van der Waals surface area (Å²) in [6.07, 6.45) is 5.59. The molecule has 2 fully saturated rings. The molecule has 5 heteroatoms. The zero-order chi connectivity index (χ0) is 17.2. The molecule has 25 heavy (non-hydrogen) atoms. The minimum absolute atomic E-state index is 0.178. The largest absolute Gasteiger partial charge is 0.419 e. The molecule has 0 bridgehead atoms. The van der Waals surface area contributed by atoms with Crippen LogP contribution >= 0.6 is 0 Å². The minimum Gasteiger partial charge on any atom is -0.419 e. The lowest BCUT2D eigenvalue weighted by molar-refractivity contribution is 0.0673. The second-order valence-electron chi connectivity index (χ2n) is 7.50. The molecule has 5 nitrogen and oxygen atoms in total. The molecule has 134 valence electrons. The molecule has 1 aromatic carbocycles. The average molecular weight is 340 g/mol. The zero-order valence-electron chi connectivity index (χ0n) is 15.3. The molecular formula is C20H28N4O. The van der Waals surface area contributed by atoms with Gasteiger partial charge in [-0.05, 0) is 38.8 Å². The van der Waals surface area contributed by atoms with Gasteiger partial charge in [0.1, 0.15) is 0 Å². The van der Waals surface area contributed by atoms with Gasteiger partial charge in [-0.25, -0.2) is 0 Å². The van der Waals surface area contributed by atoms with E-state index in [1.807, 2.05) is 12.1 Å². The van der Waals surface area contributed by atoms with Crippen LogP contribution in [0.1, 0.15) is 50.1 Å². The van der Waals surface area contributed by atoms with Crippen LogP contribution in [0.3, 0.4) is 0 Å². The van der Waals surface area contributed by atoms with E-state index in [0.717, 1.165) is 43.7 Å². The molecule has 1 aliphatic heterocycles. The molecule has 0 amide bonds. The summed E-state index contributed by atoms with van der Waals surface area (Å²) in [4.78, 5) is 5.15. The van der Waals surface area contributed by atoms with Crippen LogP contribution in [0.4, 0.5) is 0 Å². The lowest BCUT2D eigenvalue weighted by Crippen LogP contribution is -2.50. The number of aromatic nitrogens is 2. The second-order valence-corrected chi connectivity index (χ2v) is 7.50. The highest BCUT2D eigenvalue weighted by molar-refractivity contribution is 5.52. The van der Waals surface area contributed by atoms with Crippen LogP contribution in [0.5, 0.6) is 0 Å². The van der Waals surface area contributed by atoms with Crippen molar-refractivity contribution in [1.29, 1.82) is 0 Å². The molecule has 0 N–H and O–H groups in total. The van der Waals surface area contributed by atoms with Gasteiger partial charge >= 0.3 is 0 Å². The SMILES string of the molecule is Cc1ccc(-c2nnc(C(C)N3CCN(C4CCCC4)CC3)o2)cc1. The smallest absolute Gasteiger partial charge is 0.247 e. The molecule has 1 saturated heterocycles. The third-order valence-electron chi connectivity index (χ3n) is 5.83. The van der Waals surface area contributed by atoms with Gasteiger partial charge in [0.2, 0.25) is 11.8 Å². The number of nitrogens with zero attached hydrogens (tertiary/aromatic N) is 4. The molecule has 1 unspecified atom stereocenters. The summed E-state index contributed by atoms with van der Waals surface area (Å²) < 4.78 is 5.97. The number of piperazine rings is 1. The van der Waals surface area contributed by atoms with E-state index < -0.39 is 0 Å². The summed E-state index contributed by atoms with van der Waals surface area (Å²) in [6.45, 7) is 8.75. The quantitative estimate of drug-likeness (QED) is 0.850. The average Bonchev–Trinajstić information content (AvgIpc) is 3.34. The fourth-order valence-corrected chi connectivity index (χ4v) is 4.13. The van der Waals surface area contributed by atoms with Crippen molar-refractivity contribution < 1.29 is 4.42 Å². The number of aryl methyl sites for hydroxylation is 1. The first-order chi connectivity index (χ1) is 12.2. The molecule has 0 radical (unpaired) electrons. The van der Waals surface area contributed by atoms with E-state index in [2.05, 4.69) is 46.0 Å². The first-order valence-electron chi connectivity index (χ1n) is 9.59. The molecule has 1 saturated carbocycles. The van der Waals surface area contributed by atoms with E-state index >= 15 is 0 Å². The highest BCUT2D eigenvalue weighted by Gasteiger charge is 2.29. The van der Waals surface area contributed by atoms with Crippen molar-refractivity contribution in [2.75, 3.05) is 26.2 Å². The standard InChI is InChI=1S/C20H28N4O/c1-15-7-9-17(10-8-15)20-22-21-19(25-20)16(2)23-11-13-24(14-12-23)18-5-3-4-6-18/h7-10,16,18H,3-6,11-14H2,1-2H3. The number of benzene rings is 1. The second kappa shape index (κ2) is 7.26. The Labute approximate surface area is 150 Å². The van der Waals surface area contributed by atoms with Gasteiger partial charge in [0.25, 0.3) is 0 Å². The molecule has 1 aromatic heterocycles. The van der Waals surface area contributed by atoms with Gasteiger partial charge in [0.05, 0.1) is 6.04 Å². The maximum absolute atomic E-state index is 5.97. The van der Waals surface area contributed by atoms with E-state index in [9.17, 15) is 0 Å². The van der Waals surface area contributed by atoms with Crippen LogP contribution < -0.4 is 0 Å². The lowest BCUT2D eigenvalue weighted by Gasteiger charge is -2.39. The van der Waals surface area contributed by atoms with Crippen LogP contribution in [0, 0.1) is 6.92 Å². The summed E-state index contributed by atoms with van der Waals surface area (Å²) in [5.74, 6) is 1.34. The number of rotatable bonds is 4. The maximum atomic E-state index is 5.97. The molecule has 2 aliphatic rings. The van der Waals surface area contributed by atoms with Crippen molar-refractivity contribution in [3.8, 4) is 11.5 Å². The van der Waals surface area contributed by atoms with Gasteiger partial charge in [0, 0.05) is 37.8 Å². The monoisotopic (exact) mass is 340 g/mol. The van der Waals surface area contributed by atoms with E-state index in [-0.39, 0.29) is 6.04 Å². The Morgan fingerprint density at radius 2 is 1.68 bits per heavy atom. The molecule has 4 rings (SSSR count).